The molecule has 2 aliphatic rings. The number of aryl methyl sites for hydroxylation is 1. The Hall–Kier alpha value is -3.46. The van der Waals surface area contributed by atoms with Crippen LogP contribution in [0, 0.1) is 6.92 Å². The average molecular weight is 435 g/mol. The third-order valence-electron chi connectivity index (χ3n) is 6.46. The normalized spacial score (nSPS) is 17.6. The topological polar surface area (TPSA) is 116 Å². The molecular formula is C23H26N6O3. The fourth-order valence-corrected chi connectivity index (χ4v) is 4.36. The van der Waals surface area contributed by atoms with Gasteiger partial charge in [0.05, 0.1) is 30.0 Å². The molecule has 1 aliphatic carbocycles. The molecule has 166 valence electrons. The first-order chi connectivity index (χ1) is 15.5. The van der Waals surface area contributed by atoms with E-state index in [4.69, 9.17) is 14.7 Å². The molecule has 2 fully saturated rings. The highest BCUT2D eigenvalue weighted by Gasteiger charge is 2.45. The summed E-state index contributed by atoms with van der Waals surface area (Å²) in [5, 5.41) is 20.1. The van der Waals surface area contributed by atoms with Gasteiger partial charge in [0.15, 0.2) is 0 Å². The summed E-state index contributed by atoms with van der Waals surface area (Å²) >= 11 is 0. The standard InChI is InChI=1S/C23H26N6O3/c1-15-18(14-24-28-15)19-13-20(29-9-11-32-12-10-29)27-22(26-19)25-17-5-3-16(4-6-17)23(21(30)31)7-2-8-23/h3-6,13-14H,2,7-12H2,1H3,(H,24,28)(H,30,31)(H,25,26,27). The number of carbonyl (C=O) groups is 1. The van der Waals surface area contributed by atoms with Crippen LogP contribution in [0.4, 0.5) is 17.5 Å². The number of hydrogen-bond donors (Lipinski definition) is 3. The lowest BCUT2D eigenvalue weighted by molar-refractivity contribution is -0.147. The molecule has 3 heterocycles. The van der Waals surface area contributed by atoms with Gasteiger partial charge in [-0.25, -0.2) is 4.98 Å². The fraction of sp³-hybridized carbons (Fsp3) is 0.391. The molecule has 3 N–H and O–H groups in total. The highest BCUT2D eigenvalue weighted by Crippen LogP contribution is 2.44. The van der Waals surface area contributed by atoms with Crippen molar-refractivity contribution in [3.05, 3.63) is 47.8 Å². The largest absolute Gasteiger partial charge is 0.481 e. The van der Waals surface area contributed by atoms with Crippen molar-refractivity contribution in [2.45, 2.75) is 31.6 Å². The van der Waals surface area contributed by atoms with E-state index in [0.717, 1.165) is 53.5 Å². The van der Waals surface area contributed by atoms with Crippen LogP contribution in [-0.4, -0.2) is 57.5 Å². The zero-order chi connectivity index (χ0) is 22.1. The van der Waals surface area contributed by atoms with Gasteiger partial charge in [-0.1, -0.05) is 18.6 Å². The maximum atomic E-state index is 11.8. The van der Waals surface area contributed by atoms with Gasteiger partial charge in [-0.15, -0.1) is 0 Å². The molecule has 0 unspecified atom stereocenters. The van der Waals surface area contributed by atoms with Crippen molar-refractivity contribution in [3.8, 4) is 11.3 Å². The molecule has 0 bridgehead atoms. The van der Waals surface area contributed by atoms with E-state index in [9.17, 15) is 9.90 Å². The van der Waals surface area contributed by atoms with Crippen molar-refractivity contribution < 1.29 is 14.6 Å². The van der Waals surface area contributed by atoms with Crippen molar-refractivity contribution in [2.24, 2.45) is 0 Å². The van der Waals surface area contributed by atoms with Crippen molar-refractivity contribution in [3.63, 3.8) is 0 Å². The third kappa shape index (κ3) is 3.69. The molecular weight excluding hydrogens is 408 g/mol. The summed E-state index contributed by atoms with van der Waals surface area (Å²) in [6.07, 6.45) is 4.16. The Bertz CT molecular complexity index is 1120. The summed E-state index contributed by atoms with van der Waals surface area (Å²) in [7, 11) is 0. The number of nitrogens with one attached hydrogen (secondary N) is 2. The van der Waals surface area contributed by atoms with Crippen LogP contribution in [0.5, 0.6) is 0 Å². The maximum Gasteiger partial charge on any atom is 0.314 e. The molecule has 0 amide bonds. The van der Waals surface area contributed by atoms with Crippen molar-refractivity contribution in [1.82, 2.24) is 20.2 Å². The molecule has 1 aromatic carbocycles. The maximum absolute atomic E-state index is 11.8. The van der Waals surface area contributed by atoms with Crippen LogP contribution < -0.4 is 10.2 Å². The Morgan fingerprint density at radius 3 is 2.53 bits per heavy atom. The minimum Gasteiger partial charge on any atom is -0.481 e. The number of benzene rings is 1. The van der Waals surface area contributed by atoms with Crippen molar-refractivity contribution in [2.75, 3.05) is 36.5 Å². The lowest BCUT2D eigenvalue weighted by atomic mass is 9.64. The van der Waals surface area contributed by atoms with Crippen LogP contribution >= 0.6 is 0 Å². The first kappa shape index (κ1) is 20.4. The Morgan fingerprint density at radius 1 is 1.19 bits per heavy atom. The number of aromatic nitrogens is 4. The summed E-state index contributed by atoms with van der Waals surface area (Å²) in [6, 6.07) is 9.55. The average Bonchev–Trinajstić information content (AvgIpc) is 3.20. The molecule has 32 heavy (non-hydrogen) atoms. The first-order valence-electron chi connectivity index (χ1n) is 10.9. The minimum atomic E-state index is -0.744. The molecule has 3 aromatic rings. The summed E-state index contributed by atoms with van der Waals surface area (Å²) in [4.78, 5) is 23.4. The summed E-state index contributed by atoms with van der Waals surface area (Å²) < 4.78 is 5.48. The van der Waals surface area contributed by atoms with Crippen LogP contribution in [0.1, 0.15) is 30.5 Å². The van der Waals surface area contributed by atoms with E-state index in [-0.39, 0.29) is 0 Å². The first-order valence-corrected chi connectivity index (χ1v) is 10.9. The molecule has 0 atom stereocenters. The fourth-order valence-electron chi connectivity index (χ4n) is 4.36. The molecule has 9 heteroatoms. The molecule has 5 rings (SSSR count). The lowest BCUT2D eigenvalue weighted by Crippen LogP contribution is -2.42. The van der Waals surface area contributed by atoms with Gasteiger partial charge in [0, 0.05) is 36.6 Å². The number of ether oxygens (including phenoxy) is 1. The van der Waals surface area contributed by atoms with Crippen LogP contribution in [0.25, 0.3) is 11.3 Å². The molecule has 2 aromatic heterocycles. The SMILES string of the molecule is Cc1n[nH]cc1-c1cc(N2CCOCC2)nc(Nc2ccc(C3(C(=O)O)CCC3)cc2)n1. The van der Waals surface area contributed by atoms with E-state index in [1.54, 1.807) is 0 Å². The number of hydrogen-bond acceptors (Lipinski definition) is 7. The summed E-state index contributed by atoms with van der Waals surface area (Å²) in [5.41, 5.74) is 3.49. The van der Waals surface area contributed by atoms with Crippen LogP contribution in [0.2, 0.25) is 0 Å². The second-order valence-electron chi connectivity index (χ2n) is 8.36. The molecule has 1 saturated carbocycles. The summed E-state index contributed by atoms with van der Waals surface area (Å²) in [5.74, 6) is 0.567. The van der Waals surface area contributed by atoms with Crippen LogP contribution in [0.15, 0.2) is 36.5 Å². The zero-order valence-corrected chi connectivity index (χ0v) is 18.0. The number of anilines is 3. The number of H-pyrrole nitrogens is 1. The van der Waals surface area contributed by atoms with Crippen LogP contribution in [-0.2, 0) is 14.9 Å². The number of rotatable bonds is 6. The van der Waals surface area contributed by atoms with Crippen LogP contribution in [0.3, 0.4) is 0 Å². The third-order valence-corrected chi connectivity index (χ3v) is 6.46. The number of carboxylic acids is 1. The van der Waals surface area contributed by atoms with Gasteiger partial charge < -0.3 is 20.1 Å². The van der Waals surface area contributed by atoms with Gasteiger partial charge in [-0.3, -0.25) is 9.89 Å². The quantitative estimate of drug-likeness (QED) is 0.541. The highest BCUT2D eigenvalue weighted by atomic mass is 16.5. The van der Waals surface area contributed by atoms with E-state index in [1.165, 1.54) is 0 Å². The van der Waals surface area contributed by atoms with E-state index in [1.807, 2.05) is 43.5 Å². The van der Waals surface area contributed by atoms with Gasteiger partial charge >= 0.3 is 5.97 Å². The highest BCUT2D eigenvalue weighted by molar-refractivity contribution is 5.82. The second kappa shape index (κ2) is 8.23. The van der Waals surface area contributed by atoms with Gasteiger partial charge in [0.1, 0.15) is 5.82 Å². The lowest BCUT2D eigenvalue weighted by Gasteiger charge is -2.38. The van der Waals surface area contributed by atoms with E-state index in [0.29, 0.717) is 32.0 Å². The minimum absolute atomic E-state index is 0.480. The second-order valence-corrected chi connectivity index (χ2v) is 8.36. The van der Waals surface area contributed by atoms with E-state index < -0.39 is 11.4 Å². The Kier molecular flexibility index (Phi) is 5.26. The number of morpholine rings is 1. The van der Waals surface area contributed by atoms with Gasteiger partial charge in [-0.2, -0.15) is 10.1 Å². The molecule has 1 aliphatic heterocycles. The van der Waals surface area contributed by atoms with E-state index >= 15 is 0 Å². The van der Waals surface area contributed by atoms with Gasteiger partial charge in [0.2, 0.25) is 5.95 Å². The Labute approximate surface area is 185 Å². The molecule has 0 spiro atoms. The predicted octanol–water partition coefficient (Wildman–Crippen LogP) is 3.26. The zero-order valence-electron chi connectivity index (χ0n) is 18.0. The van der Waals surface area contributed by atoms with Crippen molar-refractivity contribution >= 4 is 23.4 Å². The monoisotopic (exact) mass is 434 g/mol. The molecule has 0 radical (unpaired) electrons. The Morgan fingerprint density at radius 2 is 1.94 bits per heavy atom. The number of aliphatic carboxylic acids is 1. The van der Waals surface area contributed by atoms with Gasteiger partial charge in [0.25, 0.3) is 0 Å². The molecule has 1 saturated heterocycles. The smallest absolute Gasteiger partial charge is 0.314 e. The number of nitrogens with zero attached hydrogens (tertiary/aromatic N) is 4. The predicted molar refractivity (Wildman–Crippen MR) is 120 cm³/mol. The number of carboxylic acid groups (broad SMARTS) is 1. The van der Waals surface area contributed by atoms with Gasteiger partial charge in [-0.05, 0) is 37.5 Å². The molecule has 9 nitrogen and oxygen atoms in total. The summed E-state index contributed by atoms with van der Waals surface area (Å²) in [6.45, 7) is 4.81. The number of aromatic amines is 1. The Balaban J connectivity index is 1.45. The van der Waals surface area contributed by atoms with Crippen molar-refractivity contribution in [1.29, 1.82) is 0 Å². The van der Waals surface area contributed by atoms with E-state index in [2.05, 4.69) is 20.4 Å².